The Morgan fingerprint density at radius 3 is 1.36 bits per heavy atom. The van der Waals surface area contributed by atoms with E-state index < -0.39 is 0 Å². The molecule has 2 aromatic carbocycles. The Bertz CT molecular complexity index is 376. The molecule has 1 heteroatoms. The molecule has 0 N–H and O–H groups in total. The summed E-state index contributed by atoms with van der Waals surface area (Å²) in [4.78, 5) is 0. The van der Waals surface area contributed by atoms with Gasteiger partial charge in [0.2, 0.25) is 0 Å². The van der Waals surface area contributed by atoms with E-state index in [4.69, 9.17) is 0 Å². The average molecular weight is 350 g/mol. The van der Waals surface area contributed by atoms with Crippen molar-refractivity contribution in [3.63, 3.8) is 0 Å². The third kappa shape index (κ3) is 2.08. The molecule has 0 nitrogen and oxygen atoms in total. The van der Waals surface area contributed by atoms with Gasteiger partial charge in [0.1, 0.15) is 0 Å². The summed E-state index contributed by atoms with van der Waals surface area (Å²) in [6.07, 6.45) is 0. The Labute approximate surface area is 95.0 Å². The second kappa shape index (κ2) is 4.48. The van der Waals surface area contributed by atoms with Crippen LogP contribution in [0.4, 0.5) is 0 Å². The zero-order chi connectivity index (χ0) is 9.80. The molecule has 2 rings (SSSR count). The molecule has 0 atom stereocenters. The summed E-state index contributed by atoms with van der Waals surface area (Å²) in [6, 6.07) is 21.1. The minimum atomic E-state index is 1.33. The third-order valence-corrected chi connectivity index (χ3v) is 3.77. The van der Waals surface area contributed by atoms with E-state index in [1.807, 2.05) is 0 Å². The molecule has 0 spiro atoms. The first-order valence-electron chi connectivity index (χ1n) is 4.53. The van der Waals surface area contributed by atoms with Crippen molar-refractivity contribution in [2.75, 3.05) is 0 Å². The first-order valence-corrected chi connectivity index (χ1v) is 5.99. The summed E-state index contributed by atoms with van der Waals surface area (Å²) in [5, 5.41) is 0. The van der Waals surface area contributed by atoms with Crippen molar-refractivity contribution in [3.8, 4) is 0 Å². The van der Waals surface area contributed by atoms with Gasteiger partial charge in [-0.25, -0.2) is 0 Å². The molecule has 0 aromatic heterocycles. The Balaban J connectivity index is 2.35. The summed E-state index contributed by atoms with van der Waals surface area (Å²) in [6.45, 7) is 0. The molecule has 0 aliphatic carbocycles. The van der Waals surface area contributed by atoms with Gasteiger partial charge in [-0.05, 0) is 0 Å². The van der Waals surface area contributed by atoms with E-state index in [0.717, 1.165) is 0 Å². The van der Waals surface area contributed by atoms with Crippen molar-refractivity contribution in [2.45, 2.75) is 0 Å². The van der Waals surface area contributed by atoms with Gasteiger partial charge in [-0.2, -0.15) is 0 Å². The van der Waals surface area contributed by atoms with Gasteiger partial charge < -0.3 is 0 Å². The van der Waals surface area contributed by atoms with Crippen LogP contribution in [0.25, 0.3) is 0 Å². The van der Waals surface area contributed by atoms with Gasteiger partial charge in [-0.1, -0.05) is 0 Å². The Morgan fingerprint density at radius 1 is 0.643 bits per heavy atom. The van der Waals surface area contributed by atoms with Crippen molar-refractivity contribution < 1.29 is 19.4 Å². The van der Waals surface area contributed by atoms with Crippen LogP contribution in [-0.4, -0.2) is 3.90 Å². The van der Waals surface area contributed by atoms with E-state index in [2.05, 4.69) is 60.7 Å². The average Bonchev–Trinajstić information content (AvgIpc) is 2.30. The summed E-state index contributed by atoms with van der Waals surface area (Å²) in [5.74, 6) is 0. The molecule has 0 fully saturated rings. The fraction of sp³-hybridized carbons (Fsp3) is 0. The predicted octanol–water partition coefficient (Wildman–Crippen LogP) is 2.80. The topological polar surface area (TPSA) is 0 Å². The molecule has 0 saturated carbocycles. The second-order valence-corrected chi connectivity index (χ2v) is 4.53. The van der Waals surface area contributed by atoms with Crippen LogP contribution >= 0.6 is 0 Å². The molecule has 0 saturated heterocycles. The number of hydrogen-bond donors (Lipinski definition) is 0. The molecule has 14 heavy (non-hydrogen) atoms. The van der Waals surface area contributed by atoms with E-state index in [0.29, 0.717) is 0 Å². The van der Waals surface area contributed by atoms with E-state index in [1.54, 1.807) is 0 Å². The SMILES string of the molecule is [W]=[C](c1ccccc1)c1ccccc1. The molecule has 0 unspecified atom stereocenters. The first kappa shape index (κ1) is 9.55. The molecular weight excluding hydrogens is 340 g/mol. The molecule has 0 amide bonds. The van der Waals surface area contributed by atoms with Crippen LogP contribution in [0.3, 0.4) is 0 Å². The van der Waals surface area contributed by atoms with E-state index in [9.17, 15) is 0 Å². The maximum atomic E-state index is 2.16. The van der Waals surface area contributed by atoms with Crippen molar-refractivity contribution in [2.24, 2.45) is 0 Å². The molecule has 2 aromatic rings. The van der Waals surface area contributed by atoms with Crippen LogP contribution in [0.2, 0.25) is 0 Å². The number of benzene rings is 2. The van der Waals surface area contributed by atoms with Crippen LogP contribution in [0.5, 0.6) is 0 Å². The van der Waals surface area contributed by atoms with E-state index in [-0.39, 0.29) is 0 Å². The fourth-order valence-corrected chi connectivity index (χ4v) is 2.32. The summed E-state index contributed by atoms with van der Waals surface area (Å²) >= 11 is 1.51. The number of rotatable bonds is 2. The van der Waals surface area contributed by atoms with Gasteiger partial charge in [0.05, 0.1) is 0 Å². The molecule has 0 aliphatic heterocycles. The van der Waals surface area contributed by atoms with E-state index in [1.165, 1.54) is 34.4 Å². The molecular formula is C13H10W. The first-order chi connectivity index (χ1) is 6.88. The fourth-order valence-electron chi connectivity index (χ4n) is 1.35. The van der Waals surface area contributed by atoms with Crippen LogP contribution in [0.15, 0.2) is 60.7 Å². The van der Waals surface area contributed by atoms with Crippen molar-refractivity contribution >= 4 is 3.90 Å². The zero-order valence-electron chi connectivity index (χ0n) is 7.68. The summed E-state index contributed by atoms with van der Waals surface area (Å²) in [7, 11) is 0. The van der Waals surface area contributed by atoms with Gasteiger partial charge in [-0.3, -0.25) is 0 Å². The van der Waals surface area contributed by atoms with Crippen LogP contribution in [-0.2, 0) is 19.4 Å². The molecule has 68 valence electrons. The van der Waals surface area contributed by atoms with Crippen molar-refractivity contribution in [1.29, 1.82) is 0 Å². The Kier molecular flexibility index (Phi) is 3.06. The number of hydrogen-bond acceptors (Lipinski definition) is 0. The maximum absolute atomic E-state index is 2.16. The predicted molar refractivity (Wildman–Crippen MR) is 56.1 cm³/mol. The molecule has 0 radical (unpaired) electrons. The van der Waals surface area contributed by atoms with Crippen molar-refractivity contribution in [1.82, 2.24) is 0 Å². The van der Waals surface area contributed by atoms with E-state index >= 15 is 0 Å². The molecule has 0 aliphatic rings. The van der Waals surface area contributed by atoms with Crippen LogP contribution in [0.1, 0.15) is 11.1 Å². The minimum absolute atomic E-state index is 1.33. The summed E-state index contributed by atoms with van der Waals surface area (Å²) in [5.41, 5.74) is 2.66. The molecule has 0 bridgehead atoms. The monoisotopic (exact) mass is 350 g/mol. The van der Waals surface area contributed by atoms with Gasteiger partial charge in [0.25, 0.3) is 0 Å². The normalized spacial score (nSPS) is 9.71. The van der Waals surface area contributed by atoms with Gasteiger partial charge >= 0.3 is 95.0 Å². The molecule has 0 heterocycles. The van der Waals surface area contributed by atoms with Crippen LogP contribution < -0.4 is 0 Å². The van der Waals surface area contributed by atoms with Gasteiger partial charge in [-0.15, -0.1) is 0 Å². The zero-order valence-corrected chi connectivity index (χ0v) is 10.6. The van der Waals surface area contributed by atoms with Crippen LogP contribution in [0, 0.1) is 0 Å². The Hall–Kier alpha value is -1.00. The third-order valence-electron chi connectivity index (χ3n) is 2.07. The summed E-state index contributed by atoms with van der Waals surface area (Å²) < 4.78 is 1.41. The van der Waals surface area contributed by atoms with Gasteiger partial charge in [0.15, 0.2) is 0 Å². The van der Waals surface area contributed by atoms with Gasteiger partial charge in [0, 0.05) is 0 Å². The van der Waals surface area contributed by atoms with Crippen molar-refractivity contribution in [3.05, 3.63) is 71.8 Å². The standard InChI is InChI=1S/C13H10.W/c1-3-7-12(8-4-1)11-13-9-5-2-6-10-13;/h1-10H;. The Morgan fingerprint density at radius 2 is 1.00 bits per heavy atom. The quantitative estimate of drug-likeness (QED) is 0.782. The second-order valence-electron chi connectivity index (χ2n) is 3.06.